The number of nitrogens with one attached hydrogen (secondary N) is 1. The third-order valence-electron chi connectivity index (χ3n) is 2.72. The molecule has 0 saturated carbocycles. The molecule has 0 unspecified atom stereocenters. The predicted molar refractivity (Wildman–Crippen MR) is 73.2 cm³/mol. The molecule has 0 aromatic heterocycles. The lowest BCUT2D eigenvalue weighted by Crippen LogP contribution is -2.09. The minimum atomic E-state index is -0.204. The molecule has 0 spiro atoms. The Hall–Kier alpha value is -1.20. The molecule has 0 aliphatic carbocycles. The Bertz CT molecular complexity index is 393. The van der Waals surface area contributed by atoms with Gasteiger partial charge in [-0.15, -0.1) is 0 Å². The SMILES string of the molecule is CC(C)(C#N)CCCCNc1ccccc1Cl. The minimum Gasteiger partial charge on any atom is -0.384 e. The molecule has 1 rings (SSSR count). The maximum Gasteiger partial charge on any atom is 0.0683 e. The third kappa shape index (κ3) is 5.10. The van der Waals surface area contributed by atoms with E-state index >= 15 is 0 Å². The zero-order valence-electron chi connectivity index (χ0n) is 10.5. The van der Waals surface area contributed by atoms with Gasteiger partial charge in [-0.05, 0) is 38.8 Å². The van der Waals surface area contributed by atoms with Crippen molar-refractivity contribution < 1.29 is 0 Å². The maximum absolute atomic E-state index is 8.88. The summed E-state index contributed by atoms with van der Waals surface area (Å²) < 4.78 is 0. The lowest BCUT2D eigenvalue weighted by atomic mass is 9.89. The predicted octanol–water partition coefficient (Wildman–Crippen LogP) is 4.47. The number of nitriles is 1. The normalized spacial score (nSPS) is 10.9. The van der Waals surface area contributed by atoms with Gasteiger partial charge in [0.05, 0.1) is 22.2 Å². The lowest BCUT2D eigenvalue weighted by Gasteiger charge is -2.14. The van der Waals surface area contributed by atoms with E-state index in [0.29, 0.717) is 0 Å². The summed E-state index contributed by atoms with van der Waals surface area (Å²) in [4.78, 5) is 0. The highest BCUT2D eigenvalue weighted by atomic mass is 35.5. The van der Waals surface area contributed by atoms with Crippen LogP contribution >= 0.6 is 11.6 Å². The number of benzene rings is 1. The third-order valence-corrected chi connectivity index (χ3v) is 3.05. The van der Waals surface area contributed by atoms with E-state index in [0.717, 1.165) is 36.5 Å². The Morgan fingerprint density at radius 1 is 1.29 bits per heavy atom. The standard InChI is InChI=1S/C14H19ClN2/c1-14(2,11-16)9-5-6-10-17-13-8-4-3-7-12(13)15/h3-4,7-8,17H,5-6,9-10H2,1-2H3. The van der Waals surface area contributed by atoms with Crippen LogP contribution in [0.25, 0.3) is 0 Å². The Morgan fingerprint density at radius 3 is 2.65 bits per heavy atom. The number of anilines is 1. The van der Waals surface area contributed by atoms with Crippen molar-refractivity contribution in [2.75, 3.05) is 11.9 Å². The Kier molecular flexibility index (Phi) is 5.31. The van der Waals surface area contributed by atoms with Crippen LogP contribution in [0, 0.1) is 16.7 Å². The van der Waals surface area contributed by atoms with Gasteiger partial charge in [0.1, 0.15) is 0 Å². The summed E-state index contributed by atoms with van der Waals surface area (Å²) in [6.45, 7) is 4.86. The fraction of sp³-hybridized carbons (Fsp3) is 0.500. The van der Waals surface area contributed by atoms with Crippen LogP contribution in [0.15, 0.2) is 24.3 Å². The topological polar surface area (TPSA) is 35.8 Å². The van der Waals surface area contributed by atoms with Crippen molar-refractivity contribution in [3.8, 4) is 6.07 Å². The van der Waals surface area contributed by atoms with Gasteiger partial charge in [0, 0.05) is 6.54 Å². The second kappa shape index (κ2) is 6.51. The number of nitrogens with zero attached hydrogens (tertiary/aromatic N) is 1. The van der Waals surface area contributed by atoms with Gasteiger partial charge in [-0.2, -0.15) is 5.26 Å². The summed E-state index contributed by atoms with van der Waals surface area (Å²) in [5, 5.41) is 12.9. The molecule has 0 amide bonds. The van der Waals surface area contributed by atoms with Crippen LogP contribution in [-0.2, 0) is 0 Å². The minimum absolute atomic E-state index is 0.204. The molecular formula is C14H19ClN2. The Balaban J connectivity index is 2.22. The number of halogens is 1. The van der Waals surface area contributed by atoms with E-state index in [1.165, 1.54) is 0 Å². The van der Waals surface area contributed by atoms with Crippen molar-refractivity contribution in [2.45, 2.75) is 33.1 Å². The van der Waals surface area contributed by atoms with Crippen LogP contribution in [0.5, 0.6) is 0 Å². The van der Waals surface area contributed by atoms with Gasteiger partial charge < -0.3 is 5.32 Å². The average molecular weight is 251 g/mol. The van der Waals surface area contributed by atoms with Gasteiger partial charge in [-0.3, -0.25) is 0 Å². The van der Waals surface area contributed by atoms with E-state index in [9.17, 15) is 0 Å². The van der Waals surface area contributed by atoms with E-state index in [-0.39, 0.29) is 5.41 Å². The number of hydrogen-bond acceptors (Lipinski definition) is 2. The molecule has 0 atom stereocenters. The molecule has 92 valence electrons. The van der Waals surface area contributed by atoms with Gasteiger partial charge in [0.2, 0.25) is 0 Å². The van der Waals surface area contributed by atoms with E-state index in [1.54, 1.807) is 0 Å². The van der Waals surface area contributed by atoms with Gasteiger partial charge in [0.25, 0.3) is 0 Å². The van der Waals surface area contributed by atoms with Crippen molar-refractivity contribution in [2.24, 2.45) is 5.41 Å². The monoisotopic (exact) mass is 250 g/mol. The van der Waals surface area contributed by atoms with Crippen molar-refractivity contribution in [1.29, 1.82) is 5.26 Å². The average Bonchev–Trinajstić information content (AvgIpc) is 2.31. The summed E-state index contributed by atoms with van der Waals surface area (Å²) in [7, 11) is 0. The van der Waals surface area contributed by atoms with Crippen molar-refractivity contribution in [3.05, 3.63) is 29.3 Å². The zero-order valence-corrected chi connectivity index (χ0v) is 11.2. The van der Waals surface area contributed by atoms with Gasteiger partial charge in [-0.25, -0.2) is 0 Å². The number of hydrogen-bond donors (Lipinski definition) is 1. The second-order valence-corrected chi connectivity index (χ2v) is 5.27. The zero-order chi connectivity index (χ0) is 12.7. The number of rotatable bonds is 6. The molecule has 1 aromatic rings. The van der Waals surface area contributed by atoms with E-state index in [2.05, 4.69) is 11.4 Å². The summed E-state index contributed by atoms with van der Waals surface area (Å²) in [6, 6.07) is 10.1. The Labute approximate surface area is 109 Å². The summed E-state index contributed by atoms with van der Waals surface area (Å²) >= 11 is 6.03. The van der Waals surface area contributed by atoms with E-state index in [1.807, 2.05) is 38.1 Å². The lowest BCUT2D eigenvalue weighted by molar-refractivity contribution is 0.430. The molecule has 0 saturated heterocycles. The molecular weight excluding hydrogens is 232 g/mol. The van der Waals surface area contributed by atoms with Crippen molar-refractivity contribution in [3.63, 3.8) is 0 Å². The smallest absolute Gasteiger partial charge is 0.0683 e. The molecule has 2 nitrogen and oxygen atoms in total. The van der Waals surface area contributed by atoms with E-state index < -0.39 is 0 Å². The fourth-order valence-electron chi connectivity index (χ4n) is 1.58. The first kappa shape index (κ1) is 13.9. The van der Waals surface area contributed by atoms with E-state index in [4.69, 9.17) is 16.9 Å². The molecule has 0 radical (unpaired) electrons. The van der Waals surface area contributed by atoms with Crippen LogP contribution in [0.1, 0.15) is 33.1 Å². The molecule has 17 heavy (non-hydrogen) atoms. The first-order valence-electron chi connectivity index (χ1n) is 5.95. The van der Waals surface area contributed by atoms with Crippen LogP contribution in [0.2, 0.25) is 5.02 Å². The van der Waals surface area contributed by atoms with Crippen molar-refractivity contribution >= 4 is 17.3 Å². The van der Waals surface area contributed by atoms with Gasteiger partial charge >= 0.3 is 0 Å². The number of unbranched alkanes of at least 4 members (excludes halogenated alkanes) is 1. The quantitative estimate of drug-likeness (QED) is 0.756. The van der Waals surface area contributed by atoms with Gasteiger partial charge in [-0.1, -0.05) is 30.2 Å². The Morgan fingerprint density at radius 2 is 2.00 bits per heavy atom. The first-order chi connectivity index (χ1) is 8.05. The summed E-state index contributed by atoms with van der Waals surface area (Å²) in [6.07, 6.45) is 3.04. The molecule has 0 aliphatic rings. The first-order valence-corrected chi connectivity index (χ1v) is 6.33. The van der Waals surface area contributed by atoms with Crippen LogP contribution in [0.3, 0.4) is 0 Å². The molecule has 0 aliphatic heterocycles. The molecule has 1 aromatic carbocycles. The van der Waals surface area contributed by atoms with Gasteiger partial charge in [0.15, 0.2) is 0 Å². The highest BCUT2D eigenvalue weighted by Gasteiger charge is 2.15. The fourth-order valence-corrected chi connectivity index (χ4v) is 1.78. The second-order valence-electron chi connectivity index (χ2n) is 4.86. The summed E-state index contributed by atoms with van der Waals surface area (Å²) in [5.74, 6) is 0. The van der Waals surface area contributed by atoms with Crippen LogP contribution < -0.4 is 5.32 Å². The maximum atomic E-state index is 8.88. The van der Waals surface area contributed by atoms with Crippen LogP contribution in [-0.4, -0.2) is 6.54 Å². The highest BCUT2D eigenvalue weighted by Crippen LogP contribution is 2.23. The highest BCUT2D eigenvalue weighted by molar-refractivity contribution is 6.33. The molecule has 0 bridgehead atoms. The molecule has 0 fully saturated rings. The largest absolute Gasteiger partial charge is 0.384 e. The summed E-state index contributed by atoms with van der Waals surface area (Å²) in [5.41, 5.74) is 0.776. The number of para-hydroxylation sites is 1. The molecule has 1 N–H and O–H groups in total. The van der Waals surface area contributed by atoms with Crippen LogP contribution in [0.4, 0.5) is 5.69 Å². The molecule has 3 heteroatoms. The molecule has 0 heterocycles. The van der Waals surface area contributed by atoms with Crippen molar-refractivity contribution in [1.82, 2.24) is 0 Å².